The van der Waals surface area contributed by atoms with Crippen LogP contribution in [0.4, 0.5) is 0 Å². The summed E-state index contributed by atoms with van der Waals surface area (Å²) in [6.07, 6.45) is 1.22. The van der Waals surface area contributed by atoms with Gasteiger partial charge in [0.05, 0.1) is 10.7 Å². The first-order valence-electron chi connectivity index (χ1n) is 6.02. The maximum atomic E-state index is 4.45. The van der Waals surface area contributed by atoms with Crippen LogP contribution in [-0.2, 0) is 13.0 Å². The standard InChI is InChI=1S/C14H16N2S/c1-10-16-13(9-17-10)8-15-7-12-6-11-4-2-3-5-14(11)12/h2-5,9,12,15H,6-8H2,1H3. The lowest BCUT2D eigenvalue weighted by atomic mass is 9.77. The lowest BCUT2D eigenvalue weighted by Gasteiger charge is -2.30. The molecule has 17 heavy (non-hydrogen) atoms. The van der Waals surface area contributed by atoms with Crippen molar-refractivity contribution < 1.29 is 0 Å². The summed E-state index contributed by atoms with van der Waals surface area (Å²) >= 11 is 1.72. The van der Waals surface area contributed by atoms with Crippen molar-refractivity contribution in [3.05, 3.63) is 51.5 Å². The Hall–Kier alpha value is -1.19. The summed E-state index contributed by atoms with van der Waals surface area (Å²) < 4.78 is 0. The zero-order valence-electron chi connectivity index (χ0n) is 9.94. The molecule has 1 atom stereocenters. The molecule has 3 heteroatoms. The fourth-order valence-corrected chi connectivity index (χ4v) is 3.02. The number of thiazole rings is 1. The van der Waals surface area contributed by atoms with E-state index in [1.807, 2.05) is 0 Å². The van der Waals surface area contributed by atoms with E-state index < -0.39 is 0 Å². The van der Waals surface area contributed by atoms with Crippen LogP contribution < -0.4 is 5.32 Å². The van der Waals surface area contributed by atoms with E-state index in [4.69, 9.17) is 0 Å². The quantitative estimate of drug-likeness (QED) is 0.894. The summed E-state index contributed by atoms with van der Waals surface area (Å²) in [6, 6.07) is 8.74. The predicted molar refractivity (Wildman–Crippen MR) is 71.4 cm³/mol. The second-order valence-corrected chi connectivity index (χ2v) is 5.65. The molecule has 3 rings (SSSR count). The maximum absolute atomic E-state index is 4.45. The zero-order valence-corrected chi connectivity index (χ0v) is 10.8. The summed E-state index contributed by atoms with van der Waals surface area (Å²) in [4.78, 5) is 4.45. The van der Waals surface area contributed by atoms with Crippen molar-refractivity contribution in [1.29, 1.82) is 0 Å². The molecule has 1 N–H and O–H groups in total. The molecule has 0 saturated heterocycles. The summed E-state index contributed by atoms with van der Waals surface area (Å²) in [5, 5.41) is 6.79. The Morgan fingerprint density at radius 3 is 3.06 bits per heavy atom. The minimum Gasteiger partial charge on any atom is -0.311 e. The fourth-order valence-electron chi connectivity index (χ4n) is 2.41. The van der Waals surface area contributed by atoms with Gasteiger partial charge in [-0.3, -0.25) is 0 Å². The van der Waals surface area contributed by atoms with Crippen molar-refractivity contribution in [2.75, 3.05) is 6.54 Å². The number of aromatic nitrogens is 1. The molecule has 1 aromatic heterocycles. The third kappa shape index (κ3) is 2.26. The average molecular weight is 244 g/mol. The van der Waals surface area contributed by atoms with Gasteiger partial charge in [0, 0.05) is 24.4 Å². The van der Waals surface area contributed by atoms with E-state index in [1.54, 1.807) is 11.3 Å². The zero-order chi connectivity index (χ0) is 11.7. The van der Waals surface area contributed by atoms with Crippen molar-refractivity contribution >= 4 is 11.3 Å². The third-order valence-electron chi connectivity index (χ3n) is 3.32. The number of nitrogens with zero attached hydrogens (tertiary/aromatic N) is 1. The Balaban J connectivity index is 1.51. The van der Waals surface area contributed by atoms with Crippen LogP contribution >= 0.6 is 11.3 Å². The Kier molecular flexibility index (Phi) is 2.95. The number of fused-ring (bicyclic) bond motifs is 1. The topological polar surface area (TPSA) is 24.9 Å². The second kappa shape index (κ2) is 4.59. The van der Waals surface area contributed by atoms with Gasteiger partial charge in [0.2, 0.25) is 0 Å². The van der Waals surface area contributed by atoms with Crippen molar-refractivity contribution in [1.82, 2.24) is 10.3 Å². The molecule has 1 aliphatic carbocycles. The van der Waals surface area contributed by atoms with Crippen LogP contribution in [0.15, 0.2) is 29.6 Å². The number of benzene rings is 1. The van der Waals surface area contributed by atoms with E-state index in [2.05, 4.69) is 46.9 Å². The van der Waals surface area contributed by atoms with Crippen molar-refractivity contribution in [2.45, 2.75) is 25.8 Å². The number of rotatable bonds is 4. The van der Waals surface area contributed by atoms with Crippen LogP contribution in [0.1, 0.15) is 27.7 Å². The number of aryl methyl sites for hydroxylation is 1. The van der Waals surface area contributed by atoms with E-state index in [9.17, 15) is 0 Å². The monoisotopic (exact) mass is 244 g/mol. The lowest BCUT2D eigenvalue weighted by molar-refractivity contribution is 0.533. The van der Waals surface area contributed by atoms with Crippen LogP contribution in [0.3, 0.4) is 0 Å². The Labute approximate surface area is 106 Å². The first-order chi connectivity index (χ1) is 8.33. The van der Waals surface area contributed by atoms with Gasteiger partial charge in [-0.05, 0) is 24.5 Å². The molecule has 1 heterocycles. The molecule has 2 aromatic rings. The van der Waals surface area contributed by atoms with Gasteiger partial charge >= 0.3 is 0 Å². The second-order valence-electron chi connectivity index (χ2n) is 4.59. The van der Waals surface area contributed by atoms with Crippen LogP contribution in [-0.4, -0.2) is 11.5 Å². The first-order valence-corrected chi connectivity index (χ1v) is 6.90. The number of hydrogen-bond acceptors (Lipinski definition) is 3. The van der Waals surface area contributed by atoms with Gasteiger partial charge < -0.3 is 5.32 Å². The van der Waals surface area contributed by atoms with Gasteiger partial charge in [-0.2, -0.15) is 0 Å². The van der Waals surface area contributed by atoms with E-state index in [0.717, 1.165) is 18.1 Å². The molecule has 1 unspecified atom stereocenters. The molecule has 88 valence electrons. The minimum atomic E-state index is 0.700. The Morgan fingerprint density at radius 2 is 2.29 bits per heavy atom. The largest absolute Gasteiger partial charge is 0.311 e. The summed E-state index contributed by atoms with van der Waals surface area (Å²) in [6.45, 7) is 4.01. The van der Waals surface area contributed by atoms with Crippen LogP contribution in [0, 0.1) is 6.92 Å². The minimum absolute atomic E-state index is 0.700. The Bertz CT molecular complexity index is 518. The maximum Gasteiger partial charge on any atom is 0.0897 e. The molecular weight excluding hydrogens is 228 g/mol. The summed E-state index contributed by atoms with van der Waals surface area (Å²) in [7, 11) is 0. The van der Waals surface area contributed by atoms with Crippen LogP contribution in [0.5, 0.6) is 0 Å². The molecule has 0 amide bonds. The fraction of sp³-hybridized carbons (Fsp3) is 0.357. The molecule has 1 aromatic carbocycles. The van der Waals surface area contributed by atoms with Crippen molar-refractivity contribution in [2.24, 2.45) is 0 Å². The normalized spacial score (nSPS) is 17.6. The summed E-state index contributed by atoms with van der Waals surface area (Å²) in [5.74, 6) is 0.700. The highest BCUT2D eigenvalue weighted by Gasteiger charge is 2.24. The highest BCUT2D eigenvalue weighted by molar-refractivity contribution is 7.09. The molecule has 2 nitrogen and oxygen atoms in total. The van der Waals surface area contributed by atoms with E-state index >= 15 is 0 Å². The van der Waals surface area contributed by atoms with E-state index in [0.29, 0.717) is 5.92 Å². The summed E-state index contributed by atoms with van der Waals surface area (Å²) in [5.41, 5.74) is 4.21. The molecule has 0 fully saturated rings. The SMILES string of the molecule is Cc1nc(CNCC2Cc3ccccc32)cs1. The number of hydrogen-bond donors (Lipinski definition) is 1. The average Bonchev–Trinajstić information content (AvgIpc) is 2.71. The lowest BCUT2D eigenvalue weighted by Crippen LogP contribution is -2.28. The highest BCUT2D eigenvalue weighted by atomic mass is 32.1. The van der Waals surface area contributed by atoms with Gasteiger partial charge in [0.1, 0.15) is 0 Å². The van der Waals surface area contributed by atoms with E-state index in [-0.39, 0.29) is 0 Å². The van der Waals surface area contributed by atoms with Gasteiger partial charge in [0.25, 0.3) is 0 Å². The molecule has 0 aliphatic heterocycles. The van der Waals surface area contributed by atoms with Gasteiger partial charge in [-0.15, -0.1) is 11.3 Å². The van der Waals surface area contributed by atoms with Gasteiger partial charge in [-0.25, -0.2) is 4.98 Å². The molecule has 1 aliphatic rings. The molecule has 0 saturated carbocycles. The smallest absolute Gasteiger partial charge is 0.0897 e. The highest BCUT2D eigenvalue weighted by Crippen LogP contribution is 2.33. The van der Waals surface area contributed by atoms with E-state index in [1.165, 1.54) is 23.2 Å². The molecular formula is C14H16N2S. The van der Waals surface area contributed by atoms with Crippen LogP contribution in [0.2, 0.25) is 0 Å². The van der Waals surface area contributed by atoms with Crippen LogP contribution in [0.25, 0.3) is 0 Å². The molecule has 0 spiro atoms. The Morgan fingerprint density at radius 1 is 1.41 bits per heavy atom. The third-order valence-corrected chi connectivity index (χ3v) is 4.15. The van der Waals surface area contributed by atoms with Gasteiger partial charge in [-0.1, -0.05) is 24.3 Å². The van der Waals surface area contributed by atoms with Crippen molar-refractivity contribution in [3.63, 3.8) is 0 Å². The van der Waals surface area contributed by atoms with Crippen molar-refractivity contribution in [3.8, 4) is 0 Å². The molecule has 0 bridgehead atoms. The molecule has 0 radical (unpaired) electrons. The predicted octanol–water partition coefficient (Wildman–Crippen LogP) is 2.88. The van der Waals surface area contributed by atoms with Gasteiger partial charge in [0.15, 0.2) is 0 Å². The first kappa shape index (κ1) is 10.9. The number of nitrogens with one attached hydrogen (secondary N) is 1.